The summed E-state index contributed by atoms with van der Waals surface area (Å²) >= 11 is 7.71. The van der Waals surface area contributed by atoms with E-state index in [0.717, 1.165) is 18.0 Å². The second kappa shape index (κ2) is 7.72. The fraction of sp³-hybridized carbons (Fsp3) is 0.294. The minimum Gasteiger partial charge on any atom is -0.306 e. The number of hydrogen-bond acceptors (Lipinski definition) is 2. The number of hydrogen-bond donors (Lipinski definition) is 1. The van der Waals surface area contributed by atoms with E-state index in [1.807, 2.05) is 12.1 Å². The van der Waals surface area contributed by atoms with Crippen molar-refractivity contribution in [1.82, 2.24) is 5.32 Å². The number of nitrogens with one attached hydrogen (secondary N) is 1. The highest BCUT2D eigenvalue weighted by Crippen LogP contribution is 2.20. The quantitative estimate of drug-likeness (QED) is 0.727. The Balaban J connectivity index is 1.97. The van der Waals surface area contributed by atoms with Gasteiger partial charge in [0.2, 0.25) is 0 Å². The van der Waals surface area contributed by atoms with E-state index < -0.39 is 0 Å². The molecule has 0 radical (unpaired) electrons. The Hall–Kier alpha value is -0.960. The lowest BCUT2D eigenvalue weighted by Crippen LogP contribution is -2.20. The summed E-state index contributed by atoms with van der Waals surface area (Å²) in [7, 11) is 0. The monoisotopic (exact) mass is 305 g/mol. The van der Waals surface area contributed by atoms with Gasteiger partial charge >= 0.3 is 0 Å². The van der Waals surface area contributed by atoms with E-state index in [0.29, 0.717) is 6.04 Å². The lowest BCUT2D eigenvalue weighted by atomic mass is 10.0. The molecule has 0 fully saturated rings. The first-order valence-corrected chi connectivity index (χ1v) is 8.45. The second-order valence-electron chi connectivity index (χ2n) is 4.74. The number of benzene rings is 2. The first-order valence-electron chi connectivity index (χ1n) is 6.84. The molecule has 20 heavy (non-hydrogen) atoms. The Morgan fingerprint density at radius 2 is 1.70 bits per heavy atom. The average molecular weight is 306 g/mol. The molecule has 0 aliphatic rings. The Morgan fingerprint density at radius 3 is 2.25 bits per heavy atom. The SMILES string of the molecule is CCC(NCc1ccc(SC)cc1)c1ccc(Cl)cc1. The number of thioether (sulfide) groups is 1. The summed E-state index contributed by atoms with van der Waals surface area (Å²) in [5.41, 5.74) is 2.60. The molecule has 1 atom stereocenters. The fourth-order valence-electron chi connectivity index (χ4n) is 2.18. The first-order chi connectivity index (χ1) is 9.72. The Morgan fingerprint density at radius 1 is 1.05 bits per heavy atom. The van der Waals surface area contributed by atoms with Crippen LogP contribution in [0.4, 0.5) is 0 Å². The Bertz CT molecular complexity index is 522. The number of rotatable bonds is 6. The van der Waals surface area contributed by atoms with Crippen molar-refractivity contribution >= 4 is 23.4 Å². The summed E-state index contributed by atoms with van der Waals surface area (Å²) in [5, 5.41) is 4.40. The van der Waals surface area contributed by atoms with Crippen LogP contribution in [0.3, 0.4) is 0 Å². The molecular weight excluding hydrogens is 286 g/mol. The van der Waals surface area contributed by atoms with Crippen molar-refractivity contribution in [3.63, 3.8) is 0 Å². The minimum absolute atomic E-state index is 0.368. The summed E-state index contributed by atoms with van der Waals surface area (Å²) < 4.78 is 0. The van der Waals surface area contributed by atoms with Crippen molar-refractivity contribution in [2.45, 2.75) is 30.8 Å². The van der Waals surface area contributed by atoms with Crippen molar-refractivity contribution in [1.29, 1.82) is 0 Å². The van der Waals surface area contributed by atoms with E-state index in [4.69, 9.17) is 11.6 Å². The van der Waals surface area contributed by atoms with E-state index in [1.54, 1.807) is 11.8 Å². The van der Waals surface area contributed by atoms with Gasteiger partial charge in [-0.1, -0.05) is 42.8 Å². The normalized spacial score (nSPS) is 12.3. The molecule has 0 spiro atoms. The second-order valence-corrected chi connectivity index (χ2v) is 6.06. The molecule has 2 rings (SSSR count). The van der Waals surface area contributed by atoms with E-state index >= 15 is 0 Å². The maximum absolute atomic E-state index is 5.94. The molecule has 2 aromatic rings. The van der Waals surface area contributed by atoms with Gasteiger partial charge in [0.05, 0.1) is 0 Å². The molecule has 0 heterocycles. The fourth-order valence-corrected chi connectivity index (χ4v) is 2.71. The van der Waals surface area contributed by atoms with Gasteiger partial charge in [0.15, 0.2) is 0 Å². The van der Waals surface area contributed by atoms with Gasteiger partial charge < -0.3 is 5.32 Å². The van der Waals surface area contributed by atoms with Gasteiger partial charge in [-0.3, -0.25) is 0 Å². The molecule has 0 aliphatic carbocycles. The smallest absolute Gasteiger partial charge is 0.0406 e. The summed E-state index contributed by atoms with van der Waals surface area (Å²) in [6.07, 6.45) is 3.16. The predicted molar refractivity (Wildman–Crippen MR) is 89.5 cm³/mol. The van der Waals surface area contributed by atoms with Gasteiger partial charge in [-0.05, 0) is 48.1 Å². The molecular formula is C17H20ClNS. The third-order valence-electron chi connectivity index (χ3n) is 3.39. The highest BCUT2D eigenvalue weighted by atomic mass is 35.5. The lowest BCUT2D eigenvalue weighted by molar-refractivity contribution is 0.519. The van der Waals surface area contributed by atoms with Crippen molar-refractivity contribution in [2.24, 2.45) is 0 Å². The van der Waals surface area contributed by atoms with Crippen molar-refractivity contribution in [3.05, 3.63) is 64.7 Å². The summed E-state index contributed by atoms with van der Waals surface area (Å²) in [4.78, 5) is 1.30. The van der Waals surface area contributed by atoms with E-state index in [9.17, 15) is 0 Å². The topological polar surface area (TPSA) is 12.0 Å². The van der Waals surface area contributed by atoms with Crippen LogP contribution in [0.2, 0.25) is 5.02 Å². The van der Waals surface area contributed by atoms with Crippen LogP contribution in [-0.4, -0.2) is 6.26 Å². The van der Waals surface area contributed by atoms with Crippen LogP contribution in [0.5, 0.6) is 0 Å². The van der Waals surface area contributed by atoms with Crippen LogP contribution in [0.15, 0.2) is 53.4 Å². The summed E-state index contributed by atoms with van der Waals surface area (Å²) in [6.45, 7) is 3.08. The highest BCUT2D eigenvalue weighted by molar-refractivity contribution is 7.98. The van der Waals surface area contributed by atoms with Gasteiger partial charge in [0.25, 0.3) is 0 Å². The third-order valence-corrected chi connectivity index (χ3v) is 4.39. The van der Waals surface area contributed by atoms with Crippen LogP contribution in [0.25, 0.3) is 0 Å². The molecule has 0 bridgehead atoms. The molecule has 1 nitrogen and oxygen atoms in total. The van der Waals surface area contributed by atoms with E-state index in [2.05, 4.69) is 54.9 Å². The van der Waals surface area contributed by atoms with E-state index in [1.165, 1.54) is 16.0 Å². The van der Waals surface area contributed by atoms with Crippen LogP contribution in [-0.2, 0) is 6.54 Å². The van der Waals surface area contributed by atoms with Gasteiger partial charge in [0.1, 0.15) is 0 Å². The van der Waals surface area contributed by atoms with Gasteiger partial charge in [0, 0.05) is 22.5 Å². The number of halogens is 1. The molecule has 0 aliphatic heterocycles. The maximum atomic E-state index is 5.94. The maximum Gasteiger partial charge on any atom is 0.0406 e. The summed E-state index contributed by atoms with van der Waals surface area (Å²) in [6, 6.07) is 17.2. The molecule has 3 heteroatoms. The average Bonchev–Trinajstić information content (AvgIpc) is 2.50. The molecule has 1 N–H and O–H groups in total. The molecule has 1 unspecified atom stereocenters. The van der Waals surface area contributed by atoms with Gasteiger partial charge in [-0.25, -0.2) is 0 Å². The molecule has 2 aromatic carbocycles. The van der Waals surface area contributed by atoms with Gasteiger partial charge in [-0.2, -0.15) is 0 Å². The molecule has 0 aromatic heterocycles. The van der Waals surface area contributed by atoms with Crippen LogP contribution < -0.4 is 5.32 Å². The van der Waals surface area contributed by atoms with Crippen molar-refractivity contribution in [2.75, 3.05) is 6.26 Å². The molecule has 106 valence electrons. The van der Waals surface area contributed by atoms with Crippen LogP contribution in [0.1, 0.15) is 30.5 Å². The third kappa shape index (κ3) is 4.27. The van der Waals surface area contributed by atoms with Crippen LogP contribution in [0, 0.1) is 0 Å². The van der Waals surface area contributed by atoms with E-state index in [-0.39, 0.29) is 0 Å². The first kappa shape index (κ1) is 15.4. The zero-order chi connectivity index (χ0) is 14.4. The van der Waals surface area contributed by atoms with Crippen LogP contribution >= 0.6 is 23.4 Å². The van der Waals surface area contributed by atoms with Gasteiger partial charge in [-0.15, -0.1) is 11.8 Å². The lowest BCUT2D eigenvalue weighted by Gasteiger charge is -2.17. The van der Waals surface area contributed by atoms with Crippen molar-refractivity contribution in [3.8, 4) is 0 Å². The zero-order valence-electron chi connectivity index (χ0n) is 11.9. The molecule has 0 saturated carbocycles. The van der Waals surface area contributed by atoms with Crippen molar-refractivity contribution < 1.29 is 0 Å². The Labute approximate surface area is 130 Å². The minimum atomic E-state index is 0.368. The summed E-state index contributed by atoms with van der Waals surface area (Å²) in [5.74, 6) is 0. The molecule has 0 amide bonds. The molecule has 0 saturated heterocycles. The highest BCUT2D eigenvalue weighted by Gasteiger charge is 2.08. The Kier molecular flexibility index (Phi) is 5.96. The standard InChI is InChI=1S/C17H20ClNS/c1-3-17(14-6-8-15(18)9-7-14)19-12-13-4-10-16(20-2)11-5-13/h4-11,17,19H,3,12H2,1-2H3. The zero-order valence-corrected chi connectivity index (χ0v) is 13.5. The predicted octanol–water partition coefficient (Wildman–Crippen LogP) is 5.30. The largest absolute Gasteiger partial charge is 0.306 e.